The fourth-order valence-corrected chi connectivity index (χ4v) is 2.21. The molecule has 1 aliphatic heterocycles. The van der Waals surface area contributed by atoms with Crippen molar-refractivity contribution in [2.75, 3.05) is 31.1 Å². The Morgan fingerprint density at radius 3 is 2.29 bits per heavy atom. The Morgan fingerprint density at radius 2 is 1.76 bits per heavy atom. The minimum atomic E-state index is -0.418. The van der Waals surface area contributed by atoms with Crippen LogP contribution >= 0.6 is 11.6 Å². The average Bonchev–Trinajstić information content (AvgIpc) is 2.39. The molecule has 0 aromatic heterocycles. The van der Waals surface area contributed by atoms with Gasteiger partial charge in [0.1, 0.15) is 5.38 Å². The zero-order chi connectivity index (χ0) is 12.3. The topological polar surface area (TPSA) is 23.6 Å². The van der Waals surface area contributed by atoms with Crippen molar-refractivity contribution in [2.45, 2.75) is 12.3 Å². The van der Waals surface area contributed by atoms with Crippen LogP contribution in [0.15, 0.2) is 30.3 Å². The molecule has 0 radical (unpaired) electrons. The Kier molecular flexibility index (Phi) is 3.89. The van der Waals surface area contributed by atoms with E-state index in [1.165, 1.54) is 5.69 Å². The minimum Gasteiger partial charge on any atom is -0.368 e. The molecule has 1 heterocycles. The number of halogens is 1. The summed E-state index contributed by atoms with van der Waals surface area (Å²) >= 11 is 5.81. The van der Waals surface area contributed by atoms with Gasteiger partial charge in [0.2, 0.25) is 5.91 Å². The van der Waals surface area contributed by atoms with Crippen molar-refractivity contribution in [3.05, 3.63) is 30.3 Å². The van der Waals surface area contributed by atoms with E-state index in [1.807, 2.05) is 23.1 Å². The number of carbonyl (C=O) groups excluding carboxylic acids is 1. The van der Waals surface area contributed by atoms with Gasteiger partial charge in [0.15, 0.2) is 0 Å². The van der Waals surface area contributed by atoms with Crippen LogP contribution in [-0.2, 0) is 4.79 Å². The van der Waals surface area contributed by atoms with E-state index >= 15 is 0 Å². The molecule has 1 saturated heterocycles. The van der Waals surface area contributed by atoms with E-state index in [-0.39, 0.29) is 5.91 Å². The quantitative estimate of drug-likeness (QED) is 0.752. The van der Waals surface area contributed by atoms with Crippen molar-refractivity contribution >= 4 is 23.2 Å². The van der Waals surface area contributed by atoms with Crippen LogP contribution in [0.3, 0.4) is 0 Å². The highest BCUT2D eigenvalue weighted by Crippen LogP contribution is 2.16. The lowest BCUT2D eigenvalue weighted by Gasteiger charge is -2.36. The Hall–Kier alpha value is -1.22. The number of rotatable bonds is 2. The van der Waals surface area contributed by atoms with Crippen LogP contribution in [-0.4, -0.2) is 42.4 Å². The molecule has 1 aliphatic rings. The van der Waals surface area contributed by atoms with Gasteiger partial charge in [0.05, 0.1) is 0 Å². The van der Waals surface area contributed by atoms with E-state index in [4.69, 9.17) is 11.6 Å². The van der Waals surface area contributed by atoms with E-state index < -0.39 is 5.38 Å². The number of hydrogen-bond acceptors (Lipinski definition) is 2. The van der Waals surface area contributed by atoms with Gasteiger partial charge in [-0.15, -0.1) is 11.6 Å². The molecule has 17 heavy (non-hydrogen) atoms. The molecule has 3 nitrogen and oxygen atoms in total. The van der Waals surface area contributed by atoms with Crippen molar-refractivity contribution in [1.82, 2.24) is 4.90 Å². The molecule has 1 amide bonds. The molecule has 4 heteroatoms. The Labute approximate surface area is 107 Å². The fourth-order valence-electron chi connectivity index (χ4n) is 2.08. The van der Waals surface area contributed by atoms with Crippen LogP contribution in [0.25, 0.3) is 0 Å². The number of nitrogens with zero attached hydrogens (tertiary/aromatic N) is 2. The van der Waals surface area contributed by atoms with Crippen molar-refractivity contribution in [3.63, 3.8) is 0 Å². The van der Waals surface area contributed by atoms with Gasteiger partial charge in [-0.1, -0.05) is 18.2 Å². The molecular formula is C13H17ClN2O. The first-order chi connectivity index (χ1) is 8.18. The maximum Gasteiger partial charge on any atom is 0.240 e. The summed E-state index contributed by atoms with van der Waals surface area (Å²) in [6.45, 7) is 4.99. The van der Waals surface area contributed by atoms with Gasteiger partial charge in [0.25, 0.3) is 0 Å². The number of amides is 1. The zero-order valence-electron chi connectivity index (χ0n) is 9.97. The molecular weight excluding hydrogens is 236 g/mol. The monoisotopic (exact) mass is 252 g/mol. The van der Waals surface area contributed by atoms with Crippen LogP contribution in [0.2, 0.25) is 0 Å². The van der Waals surface area contributed by atoms with Crippen LogP contribution in [0, 0.1) is 0 Å². The third kappa shape index (κ3) is 2.91. The summed E-state index contributed by atoms with van der Waals surface area (Å²) in [5.41, 5.74) is 1.22. The maximum absolute atomic E-state index is 11.7. The zero-order valence-corrected chi connectivity index (χ0v) is 10.7. The molecule has 2 rings (SSSR count). The minimum absolute atomic E-state index is 0.0411. The van der Waals surface area contributed by atoms with E-state index in [1.54, 1.807) is 6.92 Å². The summed E-state index contributed by atoms with van der Waals surface area (Å²) in [7, 11) is 0. The van der Waals surface area contributed by atoms with Gasteiger partial charge < -0.3 is 9.80 Å². The van der Waals surface area contributed by atoms with Gasteiger partial charge in [-0.05, 0) is 19.1 Å². The molecule has 92 valence electrons. The van der Waals surface area contributed by atoms with E-state index in [2.05, 4.69) is 17.0 Å². The summed E-state index contributed by atoms with van der Waals surface area (Å²) in [5.74, 6) is 0.0411. The molecule has 1 unspecified atom stereocenters. The molecule has 1 fully saturated rings. The number of benzene rings is 1. The summed E-state index contributed by atoms with van der Waals surface area (Å²) < 4.78 is 0. The summed E-state index contributed by atoms with van der Waals surface area (Å²) in [6.07, 6.45) is 0. The highest BCUT2D eigenvalue weighted by atomic mass is 35.5. The largest absolute Gasteiger partial charge is 0.368 e. The normalized spacial score (nSPS) is 18.0. The fraction of sp³-hybridized carbons (Fsp3) is 0.462. The third-order valence-electron chi connectivity index (χ3n) is 3.05. The van der Waals surface area contributed by atoms with Crippen molar-refractivity contribution < 1.29 is 4.79 Å². The molecule has 0 spiro atoms. The smallest absolute Gasteiger partial charge is 0.240 e. The summed E-state index contributed by atoms with van der Waals surface area (Å²) in [4.78, 5) is 15.9. The van der Waals surface area contributed by atoms with E-state index in [9.17, 15) is 4.79 Å². The number of piperazine rings is 1. The second kappa shape index (κ2) is 5.41. The predicted octanol–water partition coefficient (Wildman–Crippen LogP) is 1.96. The van der Waals surface area contributed by atoms with Gasteiger partial charge in [-0.2, -0.15) is 0 Å². The molecule has 0 saturated carbocycles. The number of alkyl halides is 1. The second-order valence-corrected chi connectivity index (χ2v) is 4.92. The standard InChI is InChI=1S/C13H17ClN2O/c1-11(14)13(17)16-9-7-15(8-10-16)12-5-3-2-4-6-12/h2-6,11H,7-10H2,1H3. The third-order valence-corrected chi connectivity index (χ3v) is 3.24. The molecule has 1 atom stereocenters. The lowest BCUT2D eigenvalue weighted by Crippen LogP contribution is -2.50. The SMILES string of the molecule is CC(Cl)C(=O)N1CCN(c2ccccc2)CC1. The highest BCUT2D eigenvalue weighted by molar-refractivity contribution is 6.30. The average molecular weight is 253 g/mol. The van der Waals surface area contributed by atoms with Gasteiger partial charge in [0, 0.05) is 31.9 Å². The van der Waals surface area contributed by atoms with Crippen molar-refractivity contribution in [3.8, 4) is 0 Å². The van der Waals surface area contributed by atoms with Gasteiger partial charge in [-0.25, -0.2) is 0 Å². The predicted molar refractivity (Wildman–Crippen MR) is 70.6 cm³/mol. The maximum atomic E-state index is 11.7. The van der Waals surface area contributed by atoms with Gasteiger partial charge >= 0.3 is 0 Å². The lowest BCUT2D eigenvalue weighted by molar-refractivity contribution is -0.130. The molecule has 0 bridgehead atoms. The van der Waals surface area contributed by atoms with Gasteiger partial charge in [-0.3, -0.25) is 4.79 Å². The Morgan fingerprint density at radius 1 is 1.18 bits per heavy atom. The molecule has 1 aromatic carbocycles. The van der Waals surface area contributed by atoms with E-state index in [0.29, 0.717) is 0 Å². The Bertz CT molecular complexity index is 372. The molecule has 1 aromatic rings. The van der Waals surface area contributed by atoms with Crippen LogP contribution in [0.1, 0.15) is 6.92 Å². The summed E-state index contributed by atoms with van der Waals surface area (Å²) in [5, 5.41) is -0.418. The molecule has 0 N–H and O–H groups in total. The van der Waals surface area contributed by atoms with Crippen LogP contribution < -0.4 is 4.90 Å². The number of para-hydroxylation sites is 1. The lowest BCUT2D eigenvalue weighted by atomic mass is 10.2. The number of hydrogen-bond donors (Lipinski definition) is 0. The molecule has 0 aliphatic carbocycles. The first kappa shape index (κ1) is 12.2. The number of carbonyl (C=O) groups is 1. The first-order valence-corrected chi connectivity index (χ1v) is 6.35. The Balaban J connectivity index is 1.93. The second-order valence-electron chi connectivity index (χ2n) is 4.26. The van der Waals surface area contributed by atoms with E-state index in [0.717, 1.165) is 26.2 Å². The van der Waals surface area contributed by atoms with Crippen LogP contribution in [0.4, 0.5) is 5.69 Å². The summed E-state index contributed by atoms with van der Waals surface area (Å²) in [6, 6.07) is 10.3. The van der Waals surface area contributed by atoms with Crippen molar-refractivity contribution in [1.29, 1.82) is 0 Å². The first-order valence-electron chi connectivity index (χ1n) is 5.91. The van der Waals surface area contributed by atoms with Crippen LogP contribution in [0.5, 0.6) is 0 Å². The number of anilines is 1. The highest BCUT2D eigenvalue weighted by Gasteiger charge is 2.23. The van der Waals surface area contributed by atoms with Crippen molar-refractivity contribution in [2.24, 2.45) is 0 Å².